The first-order chi connectivity index (χ1) is 9.63. The van der Waals surface area contributed by atoms with Crippen molar-refractivity contribution in [3.63, 3.8) is 0 Å². The van der Waals surface area contributed by atoms with E-state index in [1.807, 2.05) is 0 Å². The summed E-state index contributed by atoms with van der Waals surface area (Å²) in [5.41, 5.74) is 0. The summed E-state index contributed by atoms with van der Waals surface area (Å²) < 4.78 is 15.9. The van der Waals surface area contributed by atoms with Gasteiger partial charge in [-0.15, -0.1) is 0 Å². The van der Waals surface area contributed by atoms with Crippen LogP contribution < -0.4 is 0 Å². The van der Waals surface area contributed by atoms with Crippen LogP contribution >= 0.6 is 0 Å². The number of rotatable bonds is 7. The summed E-state index contributed by atoms with van der Waals surface area (Å²) >= 11 is 0. The van der Waals surface area contributed by atoms with Crippen LogP contribution in [0, 0.1) is 0 Å². The van der Waals surface area contributed by atoms with E-state index >= 15 is 0 Å². The Morgan fingerprint density at radius 1 is 1.20 bits per heavy atom. The molecule has 2 N–H and O–H groups in total. The average Bonchev–Trinajstić information content (AvgIpc) is 2.99. The monoisotopic (exact) mass is 286 g/mol. The minimum Gasteiger partial charge on any atom is -0.505 e. The van der Waals surface area contributed by atoms with Gasteiger partial charge in [-0.1, -0.05) is 32.6 Å². The Labute approximate surface area is 118 Å². The van der Waals surface area contributed by atoms with Crippen LogP contribution in [0.4, 0.5) is 0 Å². The van der Waals surface area contributed by atoms with Crippen LogP contribution in [0.25, 0.3) is 0 Å². The van der Waals surface area contributed by atoms with Crippen molar-refractivity contribution < 1.29 is 29.2 Å². The highest BCUT2D eigenvalue weighted by atomic mass is 16.7. The van der Waals surface area contributed by atoms with E-state index in [1.165, 1.54) is 19.3 Å². The van der Waals surface area contributed by atoms with Gasteiger partial charge in [0.15, 0.2) is 18.2 Å². The molecule has 114 valence electrons. The lowest BCUT2D eigenvalue weighted by Gasteiger charge is -2.16. The van der Waals surface area contributed by atoms with Crippen molar-refractivity contribution in [1.29, 1.82) is 0 Å². The quantitative estimate of drug-likeness (QED) is 0.552. The minimum absolute atomic E-state index is 0.245. The Hall–Kier alpha value is -1.27. The number of aliphatic hydroxyl groups is 2. The van der Waals surface area contributed by atoms with Crippen molar-refractivity contribution in [2.45, 2.75) is 63.9 Å². The van der Waals surface area contributed by atoms with Gasteiger partial charge in [0.2, 0.25) is 5.76 Å². The highest BCUT2D eigenvalue weighted by Gasteiger charge is 2.44. The molecule has 3 unspecified atom stereocenters. The van der Waals surface area contributed by atoms with E-state index in [1.54, 1.807) is 0 Å². The lowest BCUT2D eigenvalue weighted by Crippen LogP contribution is -2.31. The van der Waals surface area contributed by atoms with E-state index in [9.17, 15) is 15.0 Å². The van der Waals surface area contributed by atoms with Gasteiger partial charge in [-0.25, -0.2) is 4.79 Å². The second-order valence-electron chi connectivity index (χ2n) is 5.20. The Morgan fingerprint density at radius 3 is 2.60 bits per heavy atom. The molecule has 0 aromatic carbocycles. The summed E-state index contributed by atoms with van der Waals surface area (Å²) in [5, 5.41) is 18.8. The fraction of sp³-hybridized carbons (Fsp3) is 0.786. The molecule has 2 rings (SSSR count). The van der Waals surface area contributed by atoms with Crippen LogP contribution in [-0.2, 0) is 19.0 Å². The predicted octanol–water partition coefficient (Wildman–Crippen LogP) is 2.34. The van der Waals surface area contributed by atoms with Gasteiger partial charge in [0, 0.05) is 0 Å². The second-order valence-corrected chi connectivity index (χ2v) is 5.20. The van der Waals surface area contributed by atoms with Crippen LogP contribution in [0.5, 0.6) is 0 Å². The Kier molecular flexibility index (Phi) is 5.25. The normalized spacial score (nSPS) is 30.1. The van der Waals surface area contributed by atoms with Gasteiger partial charge in [0.1, 0.15) is 6.10 Å². The molecule has 0 saturated carbocycles. The summed E-state index contributed by atoms with van der Waals surface area (Å²) in [4.78, 5) is 11.1. The molecule has 0 amide bonds. The Bertz CT molecular complexity index is 378. The van der Waals surface area contributed by atoms with Gasteiger partial charge >= 0.3 is 5.97 Å². The summed E-state index contributed by atoms with van der Waals surface area (Å²) in [6.07, 6.45) is 4.79. The van der Waals surface area contributed by atoms with Gasteiger partial charge in [-0.2, -0.15) is 0 Å². The maximum absolute atomic E-state index is 11.1. The molecule has 1 fully saturated rings. The van der Waals surface area contributed by atoms with Gasteiger partial charge in [-0.3, -0.25) is 0 Å². The van der Waals surface area contributed by atoms with E-state index in [4.69, 9.17) is 14.2 Å². The fourth-order valence-electron chi connectivity index (χ4n) is 2.42. The number of hydrogen-bond donors (Lipinski definition) is 2. The molecular weight excluding hydrogens is 264 g/mol. The third-order valence-electron chi connectivity index (χ3n) is 3.59. The molecule has 2 aliphatic rings. The third-order valence-corrected chi connectivity index (χ3v) is 3.59. The molecule has 3 atom stereocenters. The van der Waals surface area contributed by atoms with E-state index in [0.717, 1.165) is 19.3 Å². The number of aliphatic hydroxyl groups excluding tert-OH is 2. The number of unbranched alkanes of at least 4 members (excludes halogenated alkanes) is 4. The van der Waals surface area contributed by atoms with E-state index in [0.29, 0.717) is 0 Å². The molecule has 20 heavy (non-hydrogen) atoms. The predicted molar refractivity (Wildman–Crippen MR) is 70.2 cm³/mol. The molecule has 0 aromatic rings. The average molecular weight is 286 g/mol. The smallest absolute Gasteiger partial charge is 0.377 e. The summed E-state index contributed by atoms with van der Waals surface area (Å²) in [6.45, 7) is 2.42. The van der Waals surface area contributed by atoms with E-state index in [-0.39, 0.29) is 12.9 Å². The van der Waals surface area contributed by atoms with Crippen molar-refractivity contribution in [3.8, 4) is 0 Å². The maximum atomic E-state index is 11.1. The standard InChI is InChI=1S/C14H22O6/c1-2-3-4-5-6-7-10-18-8-9(19-10)13-11(15)12(16)14(17)20-13/h9-10,13,15-16H,2-8H2,1H3. The number of cyclic esters (lactones) is 1. The van der Waals surface area contributed by atoms with Crippen LogP contribution in [0.3, 0.4) is 0 Å². The van der Waals surface area contributed by atoms with Crippen molar-refractivity contribution in [2.75, 3.05) is 6.61 Å². The van der Waals surface area contributed by atoms with Crippen LogP contribution in [0.1, 0.15) is 45.4 Å². The number of hydrogen-bond acceptors (Lipinski definition) is 6. The molecule has 6 heteroatoms. The van der Waals surface area contributed by atoms with Crippen LogP contribution in [0.15, 0.2) is 11.5 Å². The summed E-state index contributed by atoms with van der Waals surface area (Å²) in [5.74, 6) is -2.12. The van der Waals surface area contributed by atoms with E-state index < -0.39 is 29.7 Å². The topological polar surface area (TPSA) is 85.2 Å². The zero-order chi connectivity index (χ0) is 14.5. The summed E-state index contributed by atoms with van der Waals surface area (Å²) in [6, 6.07) is 0. The zero-order valence-electron chi connectivity index (χ0n) is 11.7. The SMILES string of the molecule is CCCCCCCC1OCC(C2OC(=O)C(O)=C2O)O1. The maximum Gasteiger partial charge on any atom is 0.377 e. The zero-order valence-corrected chi connectivity index (χ0v) is 11.7. The van der Waals surface area contributed by atoms with Gasteiger partial charge < -0.3 is 24.4 Å². The first kappa shape index (κ1) is 15.1. The van der Waals surface area contributed by atoms with Gasteiger partial charge in [-0.05, 0) is 12.8 Å². The molecule has 0 aromatic heterocycles. The largest absolute Gasteiger partial charge is 0.505 e. The number of carbonyl (C=O) groups excluding carboxylic acids is 1. The van der Waals surface area contributed by atoms with Crippen molar-refractivity contribution >= 4 is 5.97 Å². The molecule has 2 aliphatic heterocycles. The number of ether oxygens (including phenoxy) is 3. The summed E-state index contributed by atoms with van der Waals surface area (Å²) in [7, 11) is 0. The van der Waals surface area contributed by atoms with Crippen molar-refractivity contribution in [1.82, 2.24) is 0 Å². The molecule has 0 radical (unpaired) electrons. The minimum atomic E-state index is -0.951. The number of carbonyl (C=O) groups is 1. The van der Waals surface area contributed by atoms with Crippen LogP contribution in [-0.4, -0.2) is 41.3 Å². The molecular formula is C14H22O6. The van der Waals surface area contributed by atoms with Crippen molar-refractivity contribution in [2.24, 2.45) is 0 Å². The third kappa shape index (κ3) is 3.43. The number of esters is 1. The van der Waals surface area contributed by atoms with Crippen molar-refractivity contribution in [3.05, 3.63) is 11.5 Å². The van der Waals surface area contributed by atoms with Gasteiger partial charge in [0.25, 0.3) is 0 Å². The first-order valence-corrected chi connectivity index (χ1v) is 7.23. The lowest BCUT2D eigenvalue weighted by molar-refractivity contribution is -0.149. The molecule has 0 bridgehead atoms. The van der Waals surface area contributed by atoms with Gasteiger partial charge in [0.05, 0.1) is 6.61 Å². The molecule has 1 saturated heterocycles. The second kappa shape index (κ2) is 6.95. The Morgan fingerprint density at radius 2 is 1.95 bits per heavy atom. The molecule has 2 heterocycles. The highest BCUT2D eigenvalue weighted by Crippen LogP contribution is 2.28. The lowest BCUT2D eigenvalue weighted by atomic mass is 10.1. The molecule has 0 aliphatic carbocycles. The molecule has 6 nitrogen and oxygen atoms in total. The first-order valence-electron chi connectivity index (χ1n) is 7.23. The molecule has 0 spiro atoms. The fourth-order valence-corrected chi connectivity index (χ4v) is 2.42. The highest BCUT2D eigenvalue weighted by molar-refractivity contribution is 5.89. The van der Waals surface area contributed by atoms with Crippen LogP contribution in [0.2, 0.25) is 0 Å². The van der Waals surface area contributed by atoms with E-state index in [2.05, 4.69) is 6.92 Å². The Balaban J connectivity index is 1.72.